The van der Waals surface area contributed by atoms with E-state index < -0.39 is 0 Å². The van der Waals surface area contributed by atoms with Crippen molar-refractivity contribution in [3.8, 4) is 0 Å². The molecule has 0 saturated carbocycles. The average Bonchev–Trinajstić information content (AvgIpc) is 2.14. The van der Waals surface area contributed by atoms with E-state index in [1.807, 2.05) is 13.2 Å². The molecule has 44 valence electrons. The zero-order valence-electron chi connectivity index (χ0n) is 4.84. The summed E-state index contributed by atoms with van der Waals surface area (Å²) < 4.78 is 4.92. The minimum absolute atomic E-state index is 0.731. The first-order chi connectivity index (χ1) is 3.83. The van der Waals surface area contributed by atoms with Gasteiger partial charge in [0, 0.05) is 6.92 Å². The van der Waals surface area contributed by atoms with Crippen LogP contribution >= 0.6 is 11.8 Å². The molecule has 0 bridgehead atoms. The van der Waals surface area contributed by atoms with E-state index in [1.54, 1.807) is 18.0 Å². The fourth-order valence-electron chi connectivity index (χ4n) is 0.437. The highest BCUT2D eigenvalue weighted by molar-refractivity contribution is 7.98. The van der Waals surface area contributed by atoms with Crippen LogP contribution in [0.15, 0.2) is 15.7 Å². The maximum atomic E-state index is 4.92. The normalized spacial score (nSPS) is 9.75. The van der Waals surface area contributed by atoms with Gasteiger partial charge in [0.25, 0.3) is 0 Å². The number of thioether (sulfide) groups is 1. The van der Waals surface area contributed by atoms with Crippen LogP contribution in [0.3, 0.4) is 0 Å². The molecule has 0 radical (unpaired) electrons. The molecule has 1 heterocycles. The molecule has 3 heteroatoms. The smallest absolute Gasteiger partial charge is 0.191 e. The third-order valence-electron chi connectivity index (χ3n) is 0.807. The molecule has 2 nitrogen and oxygen atoms in total. The van der Waals surface area contributed by atoms with Crippen LogP contribution in [0.5, 0.6) is 0 Å². The third-order valence-corrected chi connectivity index (χ3v) is 1.41. The van der Waals surface area contributed by atoms with Crippen molar-refractivity contribution in [3.05, 3.63) is 12.2 Å². The molecule has 0 amide bonds. The van der Waals surface area contributed by atoms with Gasteiger partial charge < -0.3 is 4.42 Å². The summed E-state index contributed by atoms with van der Waals surface area (Å²) in [6.45, 7) is 1.83. The van der Waals surface area contributed by atoms with Crippen LogP contribution in [0.4, 0.5) is 0 Å². The van der Waals surface area contributed by atoms with Crippen molar-refractivity contribution in [1.82, 2.24) is 4.98 Å². The number of hydrogen-bond acceptors (Lipinski definition) is 3. The Bertz CT molecular complexity index is 173. The van der Waals surface area contributed by atoms with Crippen molar-refractivity contribution >= 4 is 11.8 Å². The highest BCUT2D eigenvalue weighted by Crippen LogP contribution is 2.11. The largest absolute Gasteiger partial charge is 0.448 e. The van der Waals surface area contributed by atoms with Gasteiger partial charge in [-0.05, 0) is 6.26 Å². The summed E-state index contributed by atoms with van der Waals surface area (Å²) in [6, 6.07) is 0. The van der Waals surface area contributed by atoms with E-state index >= 15 is 0 Å². The van der Waals surface area contributed by atoms with Gasteiger partial charge in [0.2, 0.25) is 0 Å². The highest BCUT2D eigenvalue weighted by atomic mass is 32.2. The molecule has 0 aliphatic heterocycles. The van der Waals surface area contributed by atoms with Gasteiger partial charge in [-0.2, -0.15) is 0 Å². The van der Waals surface area contributed by atoms with Gasteiger partial charge in [-0.3, -0.25) is 0 Å². The second-order valence-corrected chi connectivity index (χ2v) is 2.24. The van der Waals surface area contributed by atoms with Crippen molar-refractivity contribution in [2.45, 2.75) is 11.9 Å². The second kappa shape index (κ2) is 2.22. The number of oxazole rings is 1. The summed E-state index contributed by atoms with van der Waals surface area (Å²) in [5.41, 5.74) is 0. The van der Waals surface area contributed by atoms with E-state index in [2.05, 4.69) is 4.98 Å². The Kier molecular flexibility index (Phi) is 1.58. The number of nitrogens with zero attached hydrogens (tertiary/aromatic N) is 1. The van der Waals surface area contributed by atoms with E-state index in [0.717, 1.165) is 10.9 Å². The van der Waals surface area contributed by atoms with Gasteiger partial charge in [-0.25, -0.2) is 4.98 Å². The zero-order valence-corrected chi connectivity index (χ0v) is 5.66. The molecular formula is C5H7NOS. The van der Waals surface area contributed by atoms with Crippen LogP contribution in [0.1, 0.15) is 5.89 Å². The molecule has 8 heavy (non-hydrogen) atoms. The van der Waals surface area contributed by atoms with Gasteiger partial charge in [-0.1, -0.05) is 0 Å². The fraction of sp³-hybridized carbons (Fsp3) is 0.400. The molecule has 1 rings (SSSR count). The molecule has 0 N–H and O–H groups in total. The first-order valence-corrected chi connectivity index (χ1v) is 3.51. The summed E-state index contributed by atoms with van der Waals surface area (Å²) in [5, 5.41) is 0.947. The standard InChI is InChI=1S/C5H7NOS/c1-4-6-5(8-2)3-7-4/h3H,1-2H3. The number of hydrogen-bond donors (Lipinski definition) is 0. The molecule has 1 aromatic rings. The molecule has 0 aliphatic rings. The van der Waals surface area contributed by atoms with Crippen molar-refractivity contribution in [2.75, 3.05) is 6.26 Å². The first-order valence-electron chi connectivity index (χ1n) is 2.29. The summed E-state index contributed by atoms with van der Waals surface area (Å²) >= 11 is 1.58. The molecule has 0 fully saturated rings. The Hall–Kier alpha value is -0.440. The maximum Gasteiger partial charge on any atom is 0.191 e. The van der Waals surface area contributed by atoms with Gasteiger partial charge >= 0.3 is 0 Å². The number of aryl methyl sites for hydroxylation is 1. The molecule has 0 unspecified atom stereocenters. The van der Waals surface area contributed by atoms with Crippen molar-refractivity contribution in [2.24, 2.45) is 0 Å². The Balaban J connectivity index is 2.84. The number of aromatic nitrogens is 1. The van der Waals surface area contributed by atoms with Gasteiger partial charge in [-0.15, -0.1) is 11.8 Å². The van der Waals surface area contributed by atoms with Crippen LogP contribution in [0.2, 0.25) is 0 Å². The van der Waals surface area contributed by atoms with Crippen LogP contribution in [-0.4, -0.2) is 11.2 Å². The molecule has 0 aromatic carbocycles. The predicted molar refractivity (Wildman–Crippen MR) is 33.0 cm³/mol. The van der Waals surface area contributed by atoms with Gasteiger partial charge in [0.1, 0.15) is 11.3 Å². The predicted octanol–water partition coefficient (Wildman–Crippen LogP) is 1.70. The van der Waals surface area contributed by atoms with Crippen molar-refractivity contribution < 1.29 is 4.42 Å². The van der Waals surface area contributed by atoms with Crippen LogP contribution < -0.4 is 0 Å². The lowest BCUT2D eigenvalue weighted by molar-refractivity contribution is 0.520. The van der Waals surface area contributed by atoms with Crippen molar-refractivity contribution in [1.29, 1.82) is 0 Å². The van der Waals surface area contributed by atoms with E-state index in [4.69, 9.17) is 4.42 Å². The lowest BCUT2D eigenvalue weighted by Crippen LogP contribution is -1.67. The number of rotatable bonds is 1. The summed E-state index contributed by atoms with van der Waals surface area (Å²) in [6.07, 6.45) is 3.62. The van der Waals surface area contributed by atoms with Crippen LogP contribution in [-0.2, 0) is 0 Å². The summed E-state index contributed by atoms with van der Waals surface area (Å²) in [7, 11) is 0. The Morgan fingerprint density at radius 3 is 2.75 bits per heavy atom. The van der Waals surface area contributed by atoms with Crippen molar-refractivity contribution in [3.63, 3.8) is 0 Å². The zero-order chi connectivity index (χ0) is 5.98. The SMILES string of the molecule is CSc1coc(C)n1. The van der Waals surface area contributed by atoms with Gasteiger partial charge in [0.15, 0.2) is 5.89 Å². The lowest BCUT2D eigenvalue weighted by Gasteiger charge is -1.76. The highest BCUT2D eigenvalue weighted by Gasteiger charge is 1.93. The third kappa shape index (κ3) is 1.04. The Morgan fingerprint density at radius 1 is 1.75 bits per heavy atom. The molecule has 0 aliphatic carbocycles. The molecule has 0 saturated heterocycles. The average molecular weight is 129 g/mol. The molecule has 0 spiro atoms. The quantitative estimate of drug-likeness (QED) is 0.540. The Morgan fingerprint density at radius 2 is 2.50 bits per heavy atom. The lowest BCUT2D eigenvalue weighted by atomic mass is 10.8. The minimum atomic E-state index is 0.731. The topological polar surface area (TPSA) is 26.0 Å². The van der Waals surface area contributed by atoms with E-state index in [1.165, 1.54) is 0 Å². The summed E-state index contributed by atoms with van der Waals surface area (Å²) in [4.78, 5) is 4.03. The minimum Gasteiger partial charge on any atom is -0.448 e. The fourth-order valence-corrected chi connectivity index (χ4v) is 0.802. The molecule has 1 aromatic heterocycles. The molecule has 0 atom stereocenters. The van der Waals surface area contributed by atoms with Gasteiger partial charge in [0.05, 0.1) is 0 Å². The maximum absolute atomic E-state index is 4.92. The molecular weight excluding hydrogens is 122 g/mol. The van der Waals surface area contributed by atoms with E-state index in [-0.39, 0.29) is 0 Å². The van der Waals surface area contributed by atoms with E-state index in [0.29, 0.717) is 0 Å². The monoisotopic (exact) mass is 129 g/mol. The summed E-state index contributed by atoms with van der Waals surface area (Å²) in [5.74, 6) is 0.731. The Labute approximate surface area is 52.3 Å². The first kappa shape index (κ1) is 5.69. The van der Waals surface area contributed by atoms with E-state index in [9.17, 15) is 0 Å². The second-order valence-electron chi connectivity index (χ2n) is 1.41. The van der Waals surface area contributed by atoms with Crippen LogP contribution in [0.25, 0.3) is 0 Å². The van der Waals surface area contributed by atoms with Crippen LogP contribution in [0, 0.1) is 6.92 Å².